The number of benzene rings is 1. The van der Waals surface area contributed by atoms with Gasteiger partial charge >= 0.3 is 0 Å². The van der Waals surface area contributed by atoms with Crippen LogP contribution in [0.4, 0.5) is 0 Å². The molecular weight excluding hydrogens is 465 g/mol. The number of carbonyl (C=O) groups is 1. The third kappa shape index (κ3) is 6.62. The van der Waals surface area contributed by atoms with Crippen molar-refractivity contribution in [3.63, 3.8) is 0 Å². The van der Waals surface area contributed by atoms with Gasteiger partial charge in [0, 0.05) is 45.2 Å². The summed E-state index contributed by atoms with van der Waals surface area (Å²) >= 11 is 0. The van der Waals surface area contributed by atoms with Gasteiger partial charge in [-0.15, -0.1) is 24.0 Å². The fraction of sp³-hybridized carbons (Fsp3) is 0.619. The van der Waals surface area contributed by atoms with E-state index < -0.39 is 0 Å². The van der Waals surface area contributed by atoms with E-state index >= 15 is 0 Å². The summed E-state index contributed by atoms with van der Waals surface area (Å²) in [7, 11) is 1.88. The van der Waals surface area contributed by atoms with Crippen LogP contribution in [-0.2, 0) is 11.3 Å². The minimum atomic E-state index is 0. The molecule has 1 aromatic rings. The molecule has 0 saturated carbocycles. The number of amides is 1. The number of likely N-dealkylation sites (tertiary alicyclic amines) is 2. The number of likely N-dealkylation sites (N-methyl/N-ethyl adjacent to an activating group) is 1. The normalized spacial score (nSPS) is 23.4. The lowest BCUT2D eigenvalue weighted by atomic mass is 10.1. The zero-order chi connectivity index (χ0) is 19.1. The third-order valence-corrected chi connectivity index (χ3v) is 5.50. The Morgan fingerprint density at radius 2 is 2.04 bits per heavy atom. The van der Waals surface area contributed by atoms with E-state index in [0.29, 0.717) is 12.5 Å². The molecule has 0 spiro atoms. The molecule has 7 heteroatoms. The van der Waals surface area contributed by atoms with Crippen molar-refractivity contribution in [3.05, 3.63) is 35.9 Å². The van der Waals surface area contributed by atoms with Crippen molar-refractivity contribution in [3.8, 4) is 0 Å². The monoisotopic (exact) mass is 499 g/mol. The summed E-state index contributed by atoms with van der Waals surface area (Å²) in [6.07, 6.45) is 3.93. The van der Waals surface area contributed by atoms with Crippen LogP contribution in [0.3, 0.4) is 0 Å². The molecule has 0 aliphatic carbocycles. The maximum Gasteiger partial charge on any atom is 0.222 e. The van der Waals surface area contributed by atoms with E-state index in [-0.39, 0.29) is 35.9 Å². The van der Waals surface area contributed by atoms with Crippen molar-refractivity contribution in [2.24, 2.45) is 4.99 Å². The molecule has 0 aromatic heterocycles. The first-order valence-electron chi connectivity index (χ1n) is 10.2. The SMILES string of the molecule is CCNC(=NCC1CCCN1Cc1ccccc1)NC1CCC(=O)N(C)C1.I. The Morgan fingerprint density at radius 1 is 1.25 bits per heavy atom. The van der Waals surface area contributed by atoms with Gasteiger partial charge in [-0.05, 0) is 38.3 Å². The molecule has 28 heavy (non-hydrogen) atoms. The molecule has 0 bridgehead atoms. The predicted molar refractivity (Wildman–Crippen MR) is 125 cm³/mol. The molecule has 3 rings (SSSR count). The Labute approximate surface area is 186 Å². The Balaban J connectivity index is 0.00000280. The van der Waals surface area contributed by atoms with Crippen LogP contribution in [0.2, 0.25) is 0 Å². The van der Waals surface area contributed by atoms with Crippen molar-refractivity contribution < 1.29 is 4.79 Å². The van der Waals surface area contributed by atoms with Crippen molar-refractivity contribution in [1.29, 1.82) is 0 Å². The van der Waals surface area contributed by atoms with Gasteiger partial charge < -0.3 is 15.5 Å². The van der Waals surface area contributed by atoms with Crippen LogP contribution in [0.5, 0.6) is 0 Å². The molecule has 156 valence electrons. The lowest BCUT2D eigenvalue weighted by Gasteiger charge is -2.31. The molecule has 2 atom stereocenters. The summed E-state index contributed by atoms with van der Waals surface area (Å²) in [5, 5.41) is 6.88. The van der Waals surface area contributed by atoms with Gasteiger partial charge in [-0.3, -0.25) is 14.7 Å². The van der Waals surface area contributed by atoms with Crippen LogP contribution in [0.15, 0.2) is 35.3 Å². The van der Waals surface area contributed by atoms with Crippen molar-refractivity contribution in [1.82, 2.24) is 20.4 Å². The third-order valence-electron chi connectivity index (χ3n) is 5.50. The summed E-state index contributed by atoms with van der Waals surface area (Å²) in [4.78, 5) is 20.9. The van der Waals surface area contributed by atoms with Crippen LogP contribution in [0, 0.1) is 0 Å². The Kier molecular flexibility index (Phi) is 9.50. The highest BCUT2D eigenvalue weighted by Crippen LogP contribution is 2.20. The molecule has 2 unspecified atom stereocenters. The van der Waals surface area contributed by atoms with E-state index in [9.17, 15) is 4.79 Å². The van der Waals surface area contributed by atoms with Crippen molar-refractivity contribution >= 4 is 35.8 Å². The van der Waals surface area contributed by atoms with E-state index in [1.54, 1.807) is 0 Å². The minimum absolute atomic E-state index is 0. The standard InChI is InChI=1S/C21H33N5O.HI/c1-3-22-21(24-18-11-12-20(27)25(2)16-18)23-14-19-10-7-13-26(19)15-17-8-5-4-6-9-17;/h4-6,8-9,18-19H,3,7,10-16H2,1-2H3,(H2,22,23,24);1H. The topological polar surface area (TPSA) is 60.0 Å². The summed E-state index contributed by atoms with van der Waals surface area (Å²) in [6, 6.07) is 11.5. The second kappa shape index (κ2) is 11.6. The molecule has 6 nitrogen and oxygen atoms in total. The number of piperidine rings is 1. The molecule has 2 aliphatic rings. The number of carbonyl (C=O) groups excluding carboxylic acids is 1. The van der Waals surface area contributed by atoms with Crippen LogP contribution in [0.25, 0.3) is 0 Å². The molecule has 2 heterocycles. The molecular formula is C21H34IN5O. The largest absolute Gasteiger partial charge is 0.357 e. The summed E-state index contributed by atoms with van der Waals surface area (Å²) in [6.45, 7) is 6.63. The minimum Gasteiger partial charge on any atom is -0.357 e. The Bertz CT molecular complexity index is 639. The summed E-state index contributed by atoms with van der Waals surface area (Å²) < 4.78 is 0. The first kappa shape index (κ1) is 22.9. The highest BCUT2D eigenvalue weighted by molar-refractivity contribution is 14.0. The fourth-order valence-electron chi connectivity index (χ4n) is 3.97. The Morgan fingerprint density at radius 3 is 2.75 bits per heavy atom. The molecule has 2 N–H and O–H groups in total. The van der Waals surface area contributed by atoms with E-state index in [2.05, 4.69) is 52.8 Å². The van der Waals surface area contributed by atoms with E-state index in [4.69, 9.17) is 4.99 Å². The number of hydrogen-bond donors (Lipinski definition) is 2. The maximum atomic E-state index is 11.7. The van der Waals surface area contributed by atoms with Gasteiger partial charge in [-0.2, -0.15) is 0 Å². The molecule has 1 aromatic carbocycles. The van der Waals surface area contributed by atoms with Gasteiger partial charge in [-0.1, -0.05) is 30.3 Å². The van der Waals surface area contributed by atoms with Crippen LogP contribution < -0.4 is 10.6 Å². The zero-order valence-corrected chi connectivity index (χ0v) is 19.4. The summed E-state index contributed by atoms with van der Waals surface area (Å²) in [5.74, 6) is 1.11. The van der Waals surface area contributed by atoms with E-state index in [1.807, 2.05) is 11.9 Å². The molecule has 0 radical (unpaired) electrons. The second-order valence-electron chi connectivity index (χ2n) is 7.63. The highest BCUT2D eigenvalue weighted by atomic mass is 127. The average molecular weight is 499 g/mol. The Hall–Kier alpha value is -1.35. The molecule has 1 amide bonds. The van der Waals surface area contributed by atoms with E-state index in [1.165, 1.54) is 18.4 Å². The van der Waals surface area contributed by atoms with Crippen molar-refractivity contribution in [2.45, 2.75) is 51.2 Å². The number of rotatable bonds is 6. The number of nitrogens with one attached hydrogen (secondary N) is 2. The van der Waals surface area contributed by atoms with Crippen molar-refractivity contribution in [2.75, 3.05) is 33.2 Å². The summed E-state index contributed by atoms with van der Waals surface area (Å²) in [5.41, 5.74) is 1.37. The number of nitrogens with zero attached hydrogens (tertiary/aromatic N) is 3. The van der Waals surface area contributed by atoms with Gasteiger partial charge in [0.15, 0.2) is 5.96 Å². The predicted octanol–water partition coefficient (Wildman–Crippen LogP) is 2.44. The molecule has 2 aliphatic heterocycles. The van der Waals surface area contributed by atoms with Crippen LogP contribution >= 0.6 is 24.0 Å². The van der Waals surface area contributed by atoms with Gasteiger partial charge in [-0.25, -0.2) is 0 Å². The smallest absolute Gasteiger partial charge is 0.222 e. The van der Waals surface area contributed by atoms with Gasteiger partial charge in [0.25, 0.3) is 0 Å². The van der Waals surface area contributed by atoms with Crippen LogP contribution in [0.1, 0.15) is 38.2 Å². The van der Waals surface area contributed by atoms with Crippen LogP contribution in [-0.4, -0.2) is 67.0 Å². The zero-order valence-electron chi connectivity index (χ0n) is 17.1. The van der Waals surface area contributed by atoms with Gasteiger partial charge in [0.05, 0.1) is 6.54 Å². The van der Waals surface area contributed by atoms with Gasteiger partial charge in [0.2, 0.25) is 5.91 Å². The van der Waals surface area contributed by atoms with E-state index in [0.717, 1.165) is 45.1 Å². The fourth-order valence-corrected chi connectivity index (χ4v) is 3.97. The number of halogens is 1. The molecule has 2 fully saturated rings. The highest BCUT2D eigenvalue weighted by Gasteiger charge is 2.25. The van der Waals surface area contributed by atoms with Gasteiger partial charge in [0.1, 0.15) is 0 Å². The number of hydrogen-bond acceptors (Lipinski definition) is 3. The number of aliphatic imine (C=N–C) groups is 1. The lowest BCUT2D eigenvalue weighted by molar-refractivity contribution is -0.132. The first-order valence-corrected chi connectivity index (χ1v) is 10.2. The number of guanidine groups is 1. The first-order chi connectivity index (χ1) is 13.2. The lowest BCUT2D eigenvalue weighted by Crippen LogP contribution is -2.52. The molecule has 2 saturated heterocycles. The average Bonchev–Trinajstić information content (AvgIpc) is 3.11. The quantitative estimate of drug-likeness (QED) is 0.359. The second-order valence-corrected chi connectivity index (χ2v) is 7.63. The maximum absolute atomic E-state index is 11.7.